The van der Waals surface area contributed by atoms with E-state index in [9.17, 15) is 5.11 Å². The van der Waals surface area contributed by atoms with Gasteiger partial charge >= 0.3 is 0 Å². The van der Waals surface area contributed by atoms with E-state index in [-0.39, 0.29) is 11.9 Å². The van der Waals surface area contributed by atoms with Crippen LogP contribution in [0.3, 0.4) is 0 Å². The van der Waals surface area contributed by atoms with Gasteiger partial charge in [-0.25, -0.2) is 0 Å². The van der Waals surface area contributed by atoms with Crippen LogP contribution in [0.5, 0.6) is 11.5 Å². The monoisotopic (exact) mass is 298 g/mol. The van der Waals surface area contributed by atoms with Crippen LogP contribution in [0.2, 0.25) is 0 Å². The van der Waals surface area contributed by atoms with Gasteiger partial charge < -0.3 is 28.8 Å². The van der Waals surface area contributed by atoms with Crippen molar-refractivity contribution in [3.63, 3.8) is 0 Å². The van der Waals surface area contributed by atoms with Gasteiger partial charge in [-0.2, -0.15) is 0 Å². The van der Waals surface area contributed by atoms with Crippen molar-refractivity contribution in [3.8, 4) is 11.5 Å². The van der Waals surface area contributed by atoms with E-state index in [1.54, 1.807) is 24.3 Å². The topological polar surface area (TPSA) is 66.4 Å². The maximum Gasteiger partial charge on any atom is 0.161 e. The lowest BCUT2D eigenvalue weighted by Crippen LogP contribution is -2.30. The number of phenols is 1. The summed E-state index contributed by atoms with van der Waals surface area (Å²) >= 11 is 0. The molecule has 6 heteroatoms. The second-order valence-corrected chi connectivity index (χ2v) is 4.57. The molecule has 0 saturated carbocycles. The minimum atomic E-state index is -0.215. The Hall–Kier alpha value is -1.34. The third-order valence-electron chi connectivity index (χ3n) is 2.92. The smallest absolute Gasteiger partial charge is 0.161 e. The predicted octanol–water partition coefficient (Wildman–Crippen LogP) is 1.22. The molecule has 0 spiro atoms. The fourth-order valence-corrected chi connectivity index (χ4v) is 1.83. The number of aromatic hydroxyl groups is 1. The van der Waals surface area contributed by atoms with Gasteiger partial charge in [0.2, 0.25) is 0 Å². The summed E-state index contributed by atoms with van der Waals surface area (Å²) in [6.07, 6.45) is -0.215. The first-order valence-corrected chi connectivity index (χ1v) is 7.12. The minimum absolute atomic E-state index is 0.114. The van der Waals surface area contributed by atoms with E-state index in [0.29, 0.717) is 58.6 Å². The van der Waals surface area contributed by atoms with Gasteiger partial charge in [0.15, 0.2) is 11.5 Å². The number of phenolic OH excluding ortho intramolecular Hbond substituents is 1. The van der Waals surface area contributed by atoms with Crippen LogP contribution in [-0.4, -0.2) is 64.1 Å². The highest BCUT2D eigenvalue weighted by Crippen LogP contribution is 2.24. The number of ether oxygens (including phenoxy) is 5. The van der Waals surface area contributed by atoms with Crippen molar-refractivity contribution in [3.05, 3.63) is 24.3 Å². The molecule has 1 atom stereocenters. The molecule has 6 nitrogen and oxygen atoms in total. The van der Waals surface area contributed by atoms with Gasteiger partial charge in [-0.15, -0.1) is 0 Å². The van der Waals surface area contributed by atoms with Crippen molar-refractivity contribution in [2.45, 2.75) is 6.10 Å². The maximum atomic E-state index is 9.66. The molecule has 2 rings (SSSR count). The van der Waals surface area contributed by atoms with E-state index in [4.69, 9.17) is 23.7 Å². The van der Waals surface area contributed by atoms with E-state index in [1.807, 2.05) is 0 Å². The highest BCUT2D eigenvalue weighted by Gasteiger charge is 2.12. The Labute approximate surface area is 124 Å². The summed E-state index contributed by atoms with van der Waals surface area (Å²) in [5, 5.41) is 9.66. The molecule has 1 heterocycles. The Morgan fingerprint density at radius 2 is 1.62 bits per heavy atom. The molecular formula is C15H22O6. The van der Waals surface area contributed by atoms with Crippen molar-refractivity contribution in [1.82, 2.24) is 0 Å². The van der Waals surface area contributed by atoms with Gasteiger partial charge in [-0.05, 0) is 12.1 Å². The van der Waals surface area contributed by atoms with Crippen molar-refractivity contribution in [2.24, 2.45) is 0 Å². The number of hydrogen-bond donors (Lipinski definition) is 1. The molecule has 0 aliphatic carbocycles. The number of para-hydroxylation sites is 2. The van der Waals surface area contributed by atoms with E-state index in [2.05, 4.69) is 0 Å². The zero-order chi connectivity index (χ0) is 14.8. The molecule has 1 unspecified atom stereocenters. The van der Waals surface area contributed by atoms with Crippen molar-refractivity contribution in [1.29, 1.82) is 0 Å². The standard InChI is InChI=1S/C15H22O6/c16-14-3-1-2-4-15(14)21-12-13-11-19-8-7-17-5-6-18-9-10-20-13/h1-4,13,16H,5-12H2. The molecular weight excluding hydrogens is 276 g/mol. The average Bonchev–Trinajstić information content (AvgIpc) is 2.48. The summed E-state index contributed by atoms with van der Waals surface area (Å²) in [6, 6.07) is 6.84. The average molecular weight is 298 g/mol. The summed E-state index contributed by atoms with van der Waals surface area (Å²) in [6.45, 7) is 3.88. The summed E-state index contributed by atoms with van der Waals surface area (Å²) in [4.78, 5) is 0. The highest BCUT2D eigenvalue weighted by molar-refractivity contribution is 5.37. The summed E-state index contributed by atoms with van der Waals surface area (Å²) < 4.78 is 27.5. The van der Waals surface area contributed by atoms with E-state index in [1.165, 1.54) is 0 Å². The zero-order valence-electron chi connectivity index (χ0n) is 12.0. The predicted molar refractivity (Wildman–Crippen MR) is 75.8 cm³/mol. The first-order chi connectivity index (χ1) is 10.4. The van der Waals surface area contributed by atoms with E-state index < -0.39 is 0 Å². The lowest BCUT2D eigenvalue weighted by atomic mass is 10.3. The van der Waals surface area contributed by atoms with Crippen LogP contribution < -0.4 is 4.74 Å². The van der Waals surface area contributed by atoms with Gasteiger partial charge in [0.1, 0.15) is 12.7 Å². The molecule has 1 aromatic rings. The molecule has 1 fully saturated rings. The Balaban J connectivity index is 1.79. The third kappa shape index (κ3) is 6.31. The molecule has 21 heavy (non-hydrogen) atoms. The molecule has 1 aromatic carbocycles. The van der Waals surface area contributed by atoms with Crippen molar-refractivity contribution < 1.29 is 28.8 Å². The quantitative estimate of drug-likeness (QED) is 0.905. The molecule has 1 saturated heterocycles. The SMILES string of the molecule is Oc1ccccc1OCC1COCCOCCOCCO1. The third-order valence-corrected chi connectivity index (χ3v) is 2.92. The molecule has 0 radical (unpaired) electrons. The summed E-state index contributed by atoms with van der Waals surface area (Å²) in [5.74, 6) is 0.551. The van der Waals surface area contributed by atoms with E-state index in [0.717, 1.165) is 0 Å². The maximum absolute atomic E-state index is 9.66. The normalized spacial score (nSPS) is 22.0. The van der Waals surface area contributed by atoms with Crippen LogP contribution in [0.25, 0.3) is 0 Å². The van der Waals surface area contributed by atoms with Crippen LogP contribution >= 0.6 is 0 Å². The van der Waals surface area contributed by atoms with Crippen molar-refractivity contribution in [2.75, 3.05) is 52.9 Å². The van der Waals surface area contributed by atoms with Crippen LogP contribution in [-0.2, 0) is 18.9 Å². The van der Waals surface area contributed by atoms with Gasteiger partial charge in [0.25, 0.3) is 0 Å². The van der Waals surface area contributed by atoms with Gasteiger partial charge in [-0.1, -0.05) is 12.1 Å². The Morgan fingerprint density at radius 3 is 2.38 bits per heavy atom. The number of hydrogen-bond acceptors (Lipinski definition) is 6. The lowest BCUT2D eigenvalue weighted by Gasteiger charge is -2.20. The Morgan fingerprint density at radius 1 is 0.952 bits per heavy atom. The largest absolute Gasteiger partial charge is 0.504 e. The number of rotatable bonds is 3. The minimum Gasteiger partial charge on any atom is -0.504 e. The van der Waals surface area contributed by atoms with Crippen LogP contribution in [0, 0.1) is 0 Å². The summed E-state index contributed by atoms with van der Waals surface area (Å²) in [5.41, 5.74) is 0. The Kier molecular flexibility index (Phi) is 7.31. The first kappa shape index (κ1) is 16.0. The molecule has 1 aliphatic heterocycles. The second-order valence-electron chi connectivity index (χ2n) is 4.57. The van der Waals surface area contributed by atoms with Crippen molar-refractivity contribution >= 4 is 0 Å². The molecule has 0 amide bonds. The van der Waals surface area contributed by atoms with E-state index >= 15 is 0 Å². The molecule has 1 aliphatic rings. The molecule has 118 valence electrons. The molecule has 1 N–H and O–H groups in total. The molecule has 0 aromatic heterocycles. The van der Waals surface area contributed by atoms with Crippen LogP contribution in [0.4, 0.5) is 0 Å². The van der Waals surface area contributed by atoms with Crippen LogP contribution in [0.15, 0.2) is 24.3 Å². The zero-order valence-corrected chi connectivity index (χ0v) is 12.0. The fourth-order valence-electron chi connectivity index (χ4n) is 1.83. The summed E-state index contributed by atoms with van der Waals surface area (Å²) in [7, 11) is 0. The lowest BCUT2D eigenvalue weighted by molar-refractivity contribution is -0.0775. The Bertz CT molecular complexity index is 386. The van der Waals surface area contributed by atoms with Gasteiger partial charge in [0, 0.05) is 0 Å². The van der Waals surface area contributed by atoms with Crippen LogP contribution in [0.1, 0.15) is 0 Å². The fraction of sp³-hybridized carbons (Fsp3) is 0.600. The second kappa shape index (κ2) is 9.57. The first-order valence-electron chi connectivity index (χ1n) is 7.12. The number of benzene rings is 1. The highest BCUT2D eigenvalue weighted by atomic mass is 16.6. The molecule has 0 bridgehead atoms. The van der Waals surface area contributed by atoms with Gasteiger partial charge in [0.05, 0.1) is 46.2 Å². The van der Waals surface area contributed by atoms with Gasteiger partial charge in [-0.3, -0.25) is 0 Å².